The standard InChI is InChI=1S/C19H20N4/c1-19(2,3)17-13-18(21-14-15-9-11-20-12-10-15)23(22-17)16-7-5-4-6-8-16/h4-14H,1-3H3/b21-14+. The van der Waals surface area contributed by atoms with Crippen molar-refractivity contribution in [1.82, 2.24) is 14.8 Å². The van der Waals surface area contributed by atoms with Crippen LogP contribution in [0.3, 0.4) is 0 Å². The maximum absolute atomic E-state index is 4.75. The predicted molar refractivity (Wildman–Crippen MR) is 93.8 cm³/mol. The Hall–Kier alpha value is -2.75. The predicted octanol–water partition coefficient (Wildman–Crippen LogP) is 4.32. The largest absolute Gasteiger partial charge is 0.265 e. The van der Waals surface area contributed by atoms with Crippen LogP contribution in [0.15, 0.2) is 65.9 Å². The average molecular weight is 304 g/mol. The molecule has 23 heavy (non-hydrogen) atoms. The Labute approximate surface area is 136 Å². The number of hydrogen-bond donors (Lipinski definition) is 0. The molecule has 0 aliphatic heterocycles. The number of benzene rings is 1. The van der Waals surface area contributed by atoms with E-state index in [4.69, 9.17) is 5.10 Å². The fourth-order valence-corrected chi connectivity index (χ4v) is 2.18. The molecule has 0 radical (unpaired) electrons. The number of nitrogens with zero attached hydrogens (tertiary/aromatic N) is 4. The summed E-state index contributed by atoms with van der Waals surface area (Å²) in [7, 11) is 0. The van der Waals surface area contributed by atoms with E-state index in [2.05, 4.69) is 30.7 Å². The lowest BCUT2D eigenvalue weighted by Gasteiger charge is -2.14. The van der Waals surface area contributed by atoms with Gasteiger partial charge in [-0.15, -0.1) is 0 Å². The van der Waals surface area contributed by atoms with Crippen LogP contribution in [0.5, 0.6) is 0 Å². The van der Waals surface area contributed by atoms with Crippen molar-refractivity contribution in [1.29, 1.82) is 0 Å². The van der Waals surface area contributed by atoms with Crippen LogP contribution in [0.4, 0.5) is 5.82 Å². The lowest BCUT2D eigenvalue weighted by Crippen LogP contribution is -2.12. The SMILES string of the molecule is CC(C)(C)c1cc(/N=C/c2ccncc2)n(-c2ccccc2)n1. The number of para-hydroxylation sites is 1. The molecule has 0 saturated heterocycles. The summed E-state index contributed by atoms with van der Waals surface area (Å²) in [6, 6.07) is 16.0. The first kappa shape index (κ1) is 15.2. The zero-order valence-corrected chi connectivity index (χ0v) is 13.6. The molecule has 0 spiro atoms. The smallest absolute Gasteiger partial charge is 0.155 e. The van der Waals surface area contributed by atoms with Gasteiger partial charge in [0.1, 0.15) is 0 Å². The van der Waals surface area contributed by atoms with Crippen molar-refractivity contribution >= 4 is 12.0 Å². The minimum absolute atomic E-state index is 0.0268. The van der Waals surface area contributed by atoms with Gasteiger partial charge in [0, 0.05) is 30.1 Å². The molecule has 0 amide bonds. The van der Waals surface area contributed by atoms with Gasteiger partial charge in [0.25, 0.3) is 0 Å². The van der Waals surface area contributed by atoms with Gasteiger partial charge in [0.2, 0.25) is 0 Å². The highest BCUT2D eigenvalue weighted by Gasteiger charge is 2.20. The molecule has 116 valence electrons. The first-order valence-electron chi connectivity index (χ1n) is 7.64. The third-order valence-corrected chi connectivity index (χ3v) is 3.51. The highest BCUT2D eigenvalue weighted by molar-refractivity contribution is 5.81. The highest BCUT2D eigenvalue weighted by Crippen LogP contribution is 2.27. The number of aliphatic imine (C=N–C) groups is 1. The van der Waals surface area contributed by atoms with Gasteiger partial charge >= 0.3 is 0 Å². The van der Waals surface area contributed by atoms with Crippen molar-refractivity contribution in [3.05, 3.63) is 72.2 Å². The van der Waals surface area contributed by atoms with E-state index in [1.165, 1.54) is 0 Å². The molecule has 1 aromatic carbocycles. The summed E-state index contributed by atoms with van der Waals surface area (Å²) < 4.78 is 1.89. The van der Waals surface area contributed by atoms with Crippen molar-refractivity contribution in [3.8, 4) is 5.69 Å². The Morgan fingerprint density at radius 3 is 2.35 bits per heavy atom. The van der Waals surface area contributed by atoms with Crippen LogP contribution in [0, 0.1) is 0 Å². The molecule has 0 bridgehead atoms. The normalized spacial score (nSPS) is 12.0. The van der Waals surface area contributed by atoms with Crippen LogP contribution in [-0.4, -0.2) is 21.0 Å². The average Bonchev–Trinajstić information content (AvgIpc) is 2.99. The first-order chi connectivity index (χ1) is 11.0. The highest BCUT2D eigenvalue weighted by atomic mass is 15.3. The molecule has 3 rings (SSSR count). The minimum Gasteiger partial charge on any atom is -0.265 e. The fraction of sp³-hybridized carbons (Fsp3) is 0.211. The lowest BCUT2D eigenvalue weighted by molar-refractivity contribution is 0.560. The monoisotopic (exact) mass is 304 g/mol. The van der Waals surface area contributed by atoms with E-state index < -0.39 is 0 Å². The van der Waals surface area contributed by atoms with E-state index in [0.717, 1.165) is 22.8 Å². The summed E-state index contributed by atoms with van der Waals surface area (Å²) in [5.41, 5.74) is 3.01. The summed E-state index contributed by atoms with van der Waals surface area (Å²) in [4.78, 5) is 8.66. The van der Waals surface area contributed by atoms with Gasteiger partial charge in [-0.25, -0.2) is 9.67 Å². The molecule has 0 N–H and O–H groups in total. The van der Waals surface area contributed by atoms with Crippen LogP contribution in [0.1, 0.15) is 32.0 Å². The third-order valence-electron chi connectivity index (χ3n) is 3.51. The maximum atomic E-state index is 4.75. The number of pyridine rings is 1. The lowest BCUT2D eigenvalue weighted by atomic mass is 9.92. The van der Waals surface area contributed by atoms with Crippen LogP contribution >= 0.6 is 0 Å². The first-order valence-corrected chi connectivity index (χ1v) is 7.64. The number of hydrogen-bond acceptors (Lipinski definition) is 3. The van der Waals surface area contributed by atoms with Crippen molar-refractivity contribution in [2.24, 2.45) is 4.99 Å². The van der Waals surface area contributed by atoms with Gasteiger partial charge in [0.15, 0.2) is 5.82 Å². The zero-order valence-electron chi connectivity index (χ0n) is 13.6. The molecule has 0 aliphatic rings. The number of rotatable bonds is 3. The molecule has 4 nitrogen and oxygen atoms in total. The Kier molecular flexibility index (Phi) is 4.06. The van der Waals surface area contributed by atoms with Gasteiger partial charge < -0.3 is 0 Å². The van der Waals surface area contributed by atoms with Crippen molar-refractivity contribution in [2.75, 3.05) is 0 Å². The van der Waals surface area contributed by atoms with Crippen LogP contribution in [0.2, 0.25) is 0 Å². The van der Waals surface area contributed by atoms with Crippen molar-refractivity contribution in [3.63, 3.8) is 0 Å². The van der Waals surface area contributed by atoms with Crippen molar-refractivity contribution < 1.29 is 0 Å². The van der Waals surface area contributed by atoms with Crippen molar-refractivity contribution in [2.45, 2.75) is 26.2 Å². The van der Waals surface area contributed by atoms with E-state index in [1.807, 2.05) is 59.4 Å². The quantitative estimate of drug-likeness (QED) is 0.676. The topological polar surface area (TPSA) is 43.1 Å². The Morgan fingerprint density at radius 2 is 1.70 bits per heavy atom. The summed E-state index contributed by atoms with van der Waals surface area (Å²) >= 11 is 0. The minimum atomic E-state index is -0.0268. The van der Waals surface area contributed by atoms with E-state index in [0.29, 0.717) is 0 Å². The Morgan fingerprint density at radius 1 is 1.00 bits per heavy atom. The van der Waals surface area contributed by atoms with Crippen LogP contribution in [0.25, 0.3) is 5.69 Å². The van der Waals surface area contributed by atoms with E-state index in [1.54, 1.807) is 12.4 Å². The molecular formula is C19H20N4. The molecule has 0 aliphatic carbocycles. The van der Waals surface area contributed by atoms with Gasteiger partial charge in [-0.3, -0.25) is 4.98 Å². The summed E-state index contributed by atoms with van der Waals surface area (Å²) in [5, 5.41) is 4.75. The second kappa shape index (κ2) is 6.16. The van der Waals surface area contributed by atoms with Gasteiger partial charge in [-0.05, 0) is 29.8 Å². The zero-order chi connectivity index (χ0) is 16.3. The molecule has 2 heterocycles. The Balaban J connectivity index is 2.04. The van der Waals surface area contributed by atoms with E-state index in [-0.39, 0.29) is 5.41 Å². The molecular weight excluding hydrogens is 284 g/mol. The second-order valence-corrected chi connectivity index (χ2v) is 6.42. The maximum Gasteiger partial charge on any atom is 0.155 e. The number of aromatic nitrogens is 3. The van der Waals surface area contributed by atoms with E-state index in [9.17, 15) is 0 Å². The van der Waals surface area contributed by atoms with Gasteiger partial charge in [-0.2, -0.15) is 5.10 Å². The molecule has 0 fully saturated rings. The van der Waals surface area contributed by atoms with Crippen LogP contribution < -0.4 is 0 Å². The van der Waals surface area contributed by atoms with Gasteiger partial charge in [-0.1, -0.05) is 39.0 Å². The Bertz CT molecular complexity index is 796. The summed E-state index contributed by atoms with van der Waals surface area (Å²) in [6.45, 7) is 6.46. The van der Waals surface area contributed by atoms with E-state index >= 15 is 0 Å². The molecule has 3 aromatic rings. The molecule has 2 aromatic heterocycles. The molecule has 0 atom stereocenters. The van der Waals surface area contributed by atoms with Gasteiger partial charge in [0.05, 0.1) is 11.4 Å². The van der Waals surface area contributed by atoms with Crippen LogP contribution in [-0.2, 0) is 5.41 Å². The summed E-state index contributed by atoms with van der Waals surface area (Å²) in [6.07, 6.45) is 5.36. The molecule has 0 unspecified atom stereocenters. The third kappa shape index (κ3) is 3.54. The molecule has 4 heteroatoms. The second-order valence-electron chi connectivity index (χ2n) is 6.42. The molecule has 0 saturated carbocycles. The summed E-state index contributed by atoms with van der Waals surface area (Å²) in [5.74, 6) is 0.818. The fourth-order valence-electron chi connectivity index (χ4n) is 2.18.